The Hall–Kier alpha value is -2.59. The Morgan fingerprint density at radius 3 is 2.42 bits per heavy atom. The van der Waals surface area contributed by atoms with Crippen LogP contribution >= 0.6 is 11.6 Å². The van der Waals surface area contributed by atoms with E-state index in [2.05, 4.69) is 10.6 Å². The maximum atomic E-state index is 12.5. The molecule has 136 valence electrons. The molecule has 2 N–H and O–H groups in total. The van der Waals surface area contributed by atoms with Crippen molar-refractivity contribution in [3.63, 3.8) is 0 Å². The minimum Gasteiger partial charge on any atom is -0.351 e. The van der Waals surface area contributed by atoms with E-state index < -0.39 is 0 Å². The number of benzene rings is 2. The smallest absolute Gasteiger partial charge is 0.267 e. The quantitative estimate of drug-likeness (QED) is 0.562. The van der Waals surface area contributed by atoms with Crippen LogP contribution in [0.1, 0.15) is 41.3 Å². The van der Waals surface area contributed by atoms with Crippen molar-refractivity contribution in [1.82, 2.24) is 10.6 Å². The summed E-state index contributed by atoms with van der Waals surface area (Å²) in [6.07, 6.45) is 3.44. The van der Waals surface area contributed by atoms with Crippen molar-refractivity contribution in [2.24, 2.45) is 0 Å². The lowest BCUT2D eigenvalue weighted by atomic mass is 10.1. The van der Waals surface area contributed by atoms with Gasteiger partial charge in [-0.05, 0) is 43.2 Å². The van der Waals surface area contributed by atoms with Gasteiger partial charge in [-0.25, -0.2) is 0 Å². The van der Waals surface area contributed by atoms with Crippen molar-refractivity contribution in [2.75, 3.05) is 6.54 Å². The van der Waals surface area contributed by atoms with Gasteiger partial charge < -0.3 is 10.6 Å². The van der Waals surface area contributed by atoms with Crippen LogP contribution in [-0.4, -0.2) is 18.4 Å². The summed E-state index contributed by atoms with van der Waals surface area (Å²) in [4.78, 5) is 25.0. The van der Waals surface area contributed by atoms with E-state index in [1.807, 2.05) is 38.1 Å². The van der Waals surface area contributed by atoms with Gasteiger partial charge in [-0.2, -0.15) is 0 Å². The van der Waals surface area contributed by atoms with E-state index in [1.54, 1.807) is 30.3 Å². The topological polar surface area (TPSA) is 58.2 Å². The summed E-state index contributed by atoms with van der Waals surface area (Å²) < 4.78 is 0. The molecule has 0 unspecified atom stereocenters. The summed E-state index contributed by atoms with van der Waals surface area (Å²) >= 11 is 6.18. The summed E-state index contributed by atoms with van der Waals surface area (Å²) in [5.41, 5.74) is 2.38. The van der Waals surface area contributed by atoms with Gasteiger partial charge in [0.25, 0.3) is 11.8 Å². The predicted molar refractivity (Wildman–Crippen MR) is 106 cm³/mol. The van der Waals surface area contributed by atoms with E-state index in [1.165, 1.54) is 0 Å². The maximum Gasteiger partial charge on any atom is 0.267 e. The first-order chi connectivity index (χ1) is 12.5. The van der Waals surface area contributed by atoms with Crippen LogP contribution in [0.15, 0.2) is 54.2 Å². The number of halogens is 1. The molecule has 0 bridgehead atoms. The van der Waals surface area contributed by atoms with E-state index >= 15 is 0 Å². The first-order valence-electron chi connectivity index (χ1n) is 8.63. The fourth-order valence-electron chi connectivity index (χ4n) is 2.28. The molecule has 0 saturated heterocycles. The largest absolute Gasteiger partial charge is 0.351 e. The van der Waals surface area contributed by atoms with Gasteiger partial charge in [0.2, 0.25) is 0 Å². The van der Waals surface area contributed by atoms with Crippen LogP contribution in [0, 0.1) is 6.92 Å². The third-order valence-corrected chi connectivity index (χ3v) is 4.17. The van der Waals surface area contributed by atoms with Gasteiger partial charge in [0.05, 0.1) is 0 Å². The van der Waals surface area contributed by atoms with Gasteiger partial charge in [0, 0.05) is 17.1 Å². The van der Waals surface area contributed by atoms with Crippen molar-refractivity contribution in [2.45, 2.75) is 26.7 Å². The molecule has 0 aliphatic heterocycles. The molecule has 0 spiro atoms. The van der Waals surface area contributed by atoms with Crippen LogP contribution in [0.4, 0.5) is 0 Å². The summed E-state index contributed by atoms with van der Waals surface area (Å²) in [7, 11) is 0. The molecule has 4 nitrogen and oxygen atoms in total. The van der Waals surface area contributed by atoms with Crippen molar-refractivity contribution < 1.29 is 9.59 Å². The maximum absolute atomic E-state index is 12.5. The zero-order chi connectivity index (χ0) is 18.9. The molecule has 2 aromatic carbocycles. The molecule has 0 aliphatic carbocycles. The number of aryl methyl sites for hydroxylation is 1. The lowest BCUT2D eigenvalue weighted by Gasteiger charge is -2.11. The normalized spacial score (nSPS) is 11.1. The molecule has 26 heavy (non-hydrogen) atoms. The highest BCUT2D eigenvalue weighted by Crippen LogP contribution is 2.18. The number of nitrogens with one attached hydrogen (secondary N) is 2. The number of amides is 2. The molecule has 5 heteroatoms. The third-order valence-electron chi connectivity index (χ3n) is 3.83. The predicted octanol–water partition coefficient (Wildman–Crippen LogP) is 4.34. The van der Waals surface area contributed by atoms with E-state index in [0.29, 0.717) is 22.7 Å². The van der Waals surface area contributed by atoms with E-state index in [-0.39, 0.29) is 17.5 Å². The average molecular weight is 371 g/mol. The summed E-state index contributed by atoms with van der Waals surface area (Å²) in [5.74, 6) is -0.673. The second-order valence-corrected chi connectivity index (χ2v) is 6.42. The molecule has 2 amide bonds. The molecule has 0 fully saturated rings. The van der Waals surface area contributed by atoms with Crippen LogP contribution in [-0.2, 0) is 4.79 Å². The van der Waals surface area contributed by atoms with Gasteiger partial charge in [0.15, 0.2) is 0 Å². The van der Waals surface area contributed by atoms with Gasteiger partial charge in [0.1, 0.15) is 5.70 Å². The Bertz CT molecular complexity index is 798. The van der Waals surface area contributed by atoms with Crippen molar-refractivity contribution in [3.05, 3.63) is 75.9 Å². The molecular formula is C21H23ClN2O2. The monoisotopic (exact) mass is 370 g/mol. The van der Waals surface area contributed by atoms with Gasteiger partial charge in [-0.1, -0.05) is 60.8 Å². The Kier molecular flexibility index (Phi) is 7.42. The highest BCUT2D eigenvalue weighted by atomic mass is 35.5. The third kappa shape index (κ3) is 5.74. The first kappa shape index (κ1) is 19.7. The lowest BCUT2D eigenvalue weighted by molar-refractivity contribution is -0.117. The van der Waals surface area contributed by atoms with E-state index in [0.717, 1.165) is 18.4 Å². The molecule has 0 radical (unpaired) electrons. The minimum atomic E-state index is -0.339. The first-order valence-corrected chi connectivity index (χ1v) is 9.01. The van der Waals surface area contributed by atoms with E-state index in [9.17, 15) is 9.59 Å². The van der Waals surface area contributed by atoms with Gasteiger partial charge in [-0.3, -0.25) is 9.59 Å². The zero-order valence-electron chi connectivity index (χ0n) is 15.0. The molecule has 2 rings (SSSR count). The van der Waals surface area contributed by atoms with Crippen LogP contribution in [0.2, 0.25) is 5.02 Å². The molecule has 0 atom stereocenters. The van der Waals surface area contributed by atoms with Gasteiger partial charge >= 0.3 is 0 Å². The highest BCUT2D eigenvalue weighted by molar-refractivity contribution is 6.32. The SMILES string of the molecule is CCCCNC(=O)/C(=C/c1ccccc1Cl)NC(=O)c1ccc(C)cc1. The van der Waals surface area contributed by atoms with Crippen LogP contribution in [0.5, 0.6) is 0 Å². The standard InChI is InChI=1S/C21H23ClN2O2/c1-3-4-13-23-21(26)19(14-17-7-5-6-8-18(17)22)24-20(25)16-11-9-15(2)10-12-16/h5-12,14H,3-4,13H2,1-2H3,(H,23,26)(H,24,25)/b19-14-. The average Bonchev–Trinajstić information content (AvgIpc) is 2.63. The molecule has 0 aromatic heterocycles. The van der Waals surface area contributed by atoms with Crippen molar-refractivity contribution >= 4 is 29.5 Å². The summed E-state index contributed by atoms with van der Waals surface area (Å²) in [6.45, 7) is 4.55. The second kappa shape index (κ2) is 9.78. The Balaban J connectivity index is 2.25. The minimum absolute atomic E-state index is 0.166. The van der Waals surface area contributed by atoms with Crippen LogP contribution in [0.25, 0.3) is 6.08 Å². The Morgan fingerprint density at radius 2 is 1.77 bits per heavy atom. The fourth-order valence-corrected chi connectivity index (χ4v) is 2.47. The van der Waals surface area contributed by atoms with E-state index in [4.69, 9.17) is 11.6 Å². The van der Waals surface area contributed by atoms with Crippen LogP contribution in [0.3, 0.4) is 0 Å². The fraction of sp³-hybridized carbons (Fsp3) is 0.238. The zero-order valence-corrected chi connectivity index (χ0v) is 15.8. The molecule has 0 saturated carbocycles. The molecule has 2 aromatic rings. The van der Waals surface area contributed by atoms with Gasteiger partial charge in [-0.15, -0.1) is 0 Å². The number of hydrogen-bond donors (Lipinski definition) is 2. The number of rotatable bonds is 7. The summed E-state index contributed by atoms with van der Waals surface area (Å²) in [6, 6.07) is 14.3. The number of carbonyl (C=O) groups is 2. The van der Waals surface area contributed by atoms with Crippen molar-refractivity contribution in [1.29, 1.82) is 0 Å². The number of hydrogen-bond acceptors (Lipinski definition) is 2. The Labute approximate surface area is 159 Å². The number of unbranched alkanes of at least 4 members (excludes halogenated alkanes) is 1. The van der Waals surface area contributed by atoms with Crippen molar-refractivity contribution in [3.8, 4) is 0 Å². The highest BCUT2D eigenvalue weighted by Gasteiger charge is 2.15. The lowest BCUT2D eigenvalue weighted by Crippen LogP contribution is -2.35. The second-order valence-electron chi connectivity index (χ2n) is 6.01. The molecular weight excluding hydrogens is 348 g/mol. The van der Waals surface area contributed by atoms with Crippen LogP contribution < -0.4 is 10.6 Å². The Morgan fingerprint density at radius 1 is 1.08 bits per heavy atom. The molecule has 0 heterocycles. The number of carbonyl (C=O) groups excluding carboxylic acids is 2. The molecule has 0 aliphatic rings. The summed E-state index contributed by atoms with van der Waals surface area (Å²) in [5, 5.41) is 6.04.